The fraction of sp³-hybridized carbons (Fsp3) is 0.376. The van der Waals surface area contributed by atoms with Crippen molar-refractivity contribution in [2.45, 2.75) is 215 Å². The van der Waals surface area contributed by atoms with Crippen LogP contribution in [0.2, 0.25) is 0 Å². The van der Waals surface area contributed by atoms with Gasteiger partial charge in [0.25, 0.3) is 41.4 Å². The molecule has 9 aromatic carbocycles. The highest BCUT2D eigenvalue weighted by molar-refractivity contribution is 6.05. The van der Waals surface area contributed by atoms with Gasteiger partial charge in [0.2, 0.25) is 11.8 Å². The van der Waals surface area contributed by atoms with Crippen molar-refractivity contribution >= 4 is 76.2 Å². The maximum absolute atomic E-state index is 14.7. The molecule has 772 valence electrons. The minimum absolute atomic E-state index is 0.126. The molecule has 3 aliphatic rings. The lowest BCUT2D eigenvalue weighted by Crippen LogP contribution is -2.46. The highest BCUT2D eigenvalue weighted by Gasteiger charge is 2.38. The third-order valence-electron chi connectivity index (χ3n) is 27.0. The second kappa shape index (κ2) is 53.7. The van der Waals surface area contributed by atoms with E-state index in [9.17, 15) is 63.3 Å². The number of hydrogen-bond donors (Lipinski definition) is 6. The number of rotatable bonds is 42. The maximum Gasteiger partial charge on any atom is 0.306 e. The summed E-state index contributed by atoms with van der Waals surface area (Å²) in [6.45, 7) is 22.2. The van der Waals surface area contributed by atoms with Gasteiger partial charge in [-0.15, -0.1) is 0 Å². The highest BCUT2D eigenvalue weighted by Crippen LogP contribution is 2.36. The fourth-order valence-corrected chi connectivity index (χ4v) is 18.7. The lowest BCUT2D eigenvalue weighted by atomic mass is 9.93. The van der Waals surface area contributed by atoms with Gasteiger partial charge in [-0.3, -0.25) is 47.9 Å². The summed E-state index contributed by atoms with van der Waals surface area (Å²) in [7, 11) is 1.28. The van der Waals surface area contributed by atoms with E-state index < -0.39 is 35.9 Å². The van der Waals surface area contributed by atoms with Gasteiger partial charge in [0.15, 0.2) is 23.7 Å². The molecule has 30 heteroatoms. The van der Waals surface area contributed by atoms with Crippen LogP contribution in [-0.4, -0.2) is 224 Å². The highest BCUT2D eigenvalue weighted by atomic mass is 16.5. The molecule has 12 aromatic rings. The number of nitrogens with one attached hydrogen (secondary N) is 3. The van der Waals surface area contributed by atoms with Crippen molar-refractivity contribution in [3.05, 3.63) is 332 Å². The summed E-state index contributed by atoms with van der Waals surface area (Å²) in [4.78, 5) is 147. The van der Waals surface area contributed by atoms with Crippen LogP contribution in [0.5, 0.6) is 5.75 Å². The lowest BCUT2D eigenvalue weighted by Gasteiger charge is -2.36. The molecule has 4 atom stereocenters. The van der Waals surface area contributed by atoms with Crippen molar-refractivity contribution in [1.29, 1.82) is 0 Å². The van der Waals surface area contributed by atoms with Crippen LogP contribution in [0.4, 0.5) is 17.1 Å². The van der Waals surface area contributed by atoms with E-state index in [2.05, 4.69) is 57.5 Å². The number of amides is 9. The van der Waals surface area contributed by atoms with Crippen LogP contribution in [0, 0.1) is 20.8 Å². The molecule has 0 radical (unpaired) electrons. The van der Waals surface area contributed by atoms with E-state index in [1.165, 1.54) is 7.11 Å². The van der Waals surface area contributed by atoms with Crippen molar-refractivity contribution < 1.29 is 72.7 Å². The summed E-state index contributed by atoms with van der Waals surface area (Å²) in [6.07, 6.45) is 12.8. The third-order valence-corrected chi connectivity index (χ3v) is 27.0. The molecule has 1 unspecified atom stereocenters. The van der Waals surface area contributed by atoms with Gasteiger partial charge in [0.1, 0.15) is 5.75 Å². The van der Waals surface area contributed by atoms with Gasteiger partial charge >= 0.3 is 5.97 Å². The first kappa shape index (κ1) is 109. The van der Waals surface area contributed by atoms with E-state index in [1.807, 2.05) is 163 Å². The number of aromatic nitrogens is 6. The number of hydrogen-bond acceptors (Lipinski definition) is 18. The zero-order valence-electron chi connectivity index (χ0n) is 86.1. The molecule has 0 aliphatic carbocycles. The minimum Gasteiger partial charge on any atom is -0.484 e. The summed E-state index contributed by atoms with van der Waals surface area (Å²) in [5.41, 5.74) is 14.3. The number of aliphatic hydroxyl groups excluding tert-OH is 3. The molecule has 0 fully saturated rings. The van der Waals surface area contributed by atoms with Crippen LogP contribution in [-0.2, 0) is 69.2 Å². The van der Waals surface area contributed by atoms with Gasteiger partial charge in [-0.25, -0.2) is 14.0 Å². The van der Waals surface area contributed by atoms with Crippen LogP contribution >= 0.6 is 0 Å². The normalized spacial score (nSPS) is 14.1. The van der Waals surface area contributed by atoms with E-state index in [-0.39, 0.29) is 110 Å². The first-order valence-corrected chi connectivity index (χ1v) is 51.5. The number of aliphatic hydroxyl groups is 3. The Hall–Kier alpha value is -15.0. The molecule has 6 heterocycles. The van der Waals surface area contributed by atoms with Gasteiger partial charge in [0, 0.05) is 93.0 Å². The number of carbonyl (C=O) groups excluding carboxylic acids is 10. The summed E-state index contributed by atoms with van der Waals surface area (Å²) in [5.74, 6) is -3.21. The summed E-state index contributed by atoms with van der Waals surface area (Å²) >= 11 is 0. The Morgan fingerprint density at radius 1 is 0.374 bits per heavy atom. The minimum atomic E-state index is -0.838. The molecular formula is C117H139N15O15. The van der Waals surface area contributed by atoms with E-state index in [4.69, 9.17) is 24.8 Å². The molecule has 0 saturated carbocycles. The van der Waals surface area contributed by atoms with Crippen molar-refractivity contribution in [2.75, 3.05) is 88.8 Å². The quantitative estimate of drug-likeness (QED) is 0.0194. The number of para-hydroxylation sites is 1. The zero-order valence-corrected chi connectivity index (χ0v) is 86.1. The molecule has 0 bridgehead atoms. The van der Waals surface area contributed by atoms with Crippen molar-refractivity contribution in [3.8, 4) is 22.8 Å². The number of anilines is 3. The number of nitrogens with zero attached hydrogens (tertiary/aromatic N) is 12. The number of unbranched alkanes of at least 4 members (excludes halogenated alkanes) is 6. The average Bonchev–Trinajstić information content (AvgIpc) is 1.50. The first-order valence-electron chi connectivity index (χ1n) is 51.5. The van der Waals surface area contributed by atoms with Gasteiger partial charge in [-0.1, -0.05) is 232 Å². The molecule has 147 heavy (non-hydrogen) atoms. The summed E-state index contributed by atoms with van der Waals surface area (Å²) < 4.78 is 15.4. The predicted octanol–water partition coefficient (Wildman–Crippen LogP) is 17.8. The van der Waals surface area contributed by atoms with E-state index in [0.717, 1.165) is 116 Å². The van der Waals surface area contributed by atoms with E-state index >= 15 is 0 Å². The van der Waals surface area contributed by atoms with Crippen LogP contribution in [0.25, 0.3) is 17.1 Å². The Labute approximate surface area is 861 Å². The van der Waals surface area contributed by atoms with Gasteiger partial charge in [-0.05, 0) is 208 Å². The Balaban J connectivity index is 0.000000185. The number of aryl methyl sites for hydroxylation is 3. The Bertz CT molecular complexity index is 6490. The SMILES string of the molecule is CCCCN(CCCC)C(=O)c1cc(C)n(-c2ccc(NC(=O)C(CC(=O)OC)c3ccccc3)cc2C(=O)N2Cc3ccccc3C[C@H]2CO)n1.CCCCN(CCCC)C(=O)c1cc(C)n(-c2ccc(NC(=O)COc3ccccc3)cc2C(=O)N2Cc3ccccc3C[C@H]2CO)n1.CCCCN(CCCC)C(=O)c1cc(C)n(-c2ccc(NC(=O)Cc3ccccc3)cc2C(=O)N2Cc3ccccc3C[C@H]2CO)n1. The number of methoxy groups -OCH3 is 1. The molecule has 15 rings (SSSR count). The second-order valence-electron chi connectivity index (χ2n) is 37.8. The largest absolute Gasteiger partial charge is 0.484 e. The van der Waals surface area contributed by atoms with Crippen molar-refractivity contribution in [2.24, 2.45) is 0 Å². The van der Waals surface area contributed by atoms with Gasteiger partial charge < -0.3 is 70.1 Å². The standard InChI is InChI=1S/C41H49N5O6.C38H45N5O5.C38H45N5O4/c1-5-7-20-44(21-8-6-2)41(51)36-22-28(3)46(43-36)37-19-18-32(42-39(49)34(25-38(48)52-4)29-14-10-9-11-15-29)24-35(37)40(50)45-26-31-17-13-12-16-30(31)23-33(45)27-47;1-4-6-19-41(20-7-5-2)38(47)34-21-27(3)43(40-34)35-18-17-30(39-36(45)26-48-32-15-9-8-10-16-32)23-33(35)37(46)42-24-29-14-12-11-13-28(29)22-31(42)25-44;1-4-6-19-41(20-7-5-2)38(47)34-21-27(3)43(40-34)35-18-17-31(39-36(45)22-28-13-9-8-10-14-28)24-33(35)37(46)42-25-30-16-12-11-15-29(30)23-32(42)26-44/h9-19,22,24,33-34,47H,5-8,20-21,23,25-27H2,1-4H3,(H,42,49);8-18,21,23,31,44H,4-7,19-20,22,24-26H2,1-3H3,(H,39,45);8-18,21,24,32,44H,4-7,19-20,22-23,25-26H2,1-3H3,(H,39,45)/t33-,34?;31-;32-/m000/s1. The Morgan fingerprint density at radius 2 is 0.680 bits per heavy atom. The predicted molar refractivity (Wildman–Crippen MR) is 569 cm³/mol. The Kier molecular flexibility index (Phi) is 39.9. The molecule has 3 aromatic heterocycles. The van der Waals surface area contributed by atoms with Crippen LogP contribution < -0.4 is 20.7 Å². The number of ether oxygens (including phenoxy) is 2. The van der Waals surface area contributed by atoms with Gasteiger partial charge in [0.05, 0.1) is 97.6 Å². The Morgan fingerprint density at radius 3 is 1.01 bits per heavy atom. The lowest BCUT2D eigenvalue weighted by molar-refractivity contribution is -0.142. The van der Waals surface area contributed by atoms with Crippen LogP contribution in [0.3, 0.4) is 0 Å². The topological polar surface area (TPSA) is 359 Å². The van der Waals surface area contributed by atoms with E-state index in [1.54, 1.807) is 138 Å². The average molecular weight is 2000 g/mol. The number of fused-ring (bicyclic) bond motifs is 3. The fourth-order valence-electron chi connectivity index (χ4n) is 18.7. The molecule has 3 aliphatic heterocycles. The number of esters is 1. The molecule has 30 nitrogen and oxygen atoms in total. The first-order chi connectivity index (χ1) is 71.3. The third kappa shape index (κ3) is 28.2. The van der Waals surface area contributed by atoms with Crippen LogP contribution in [0.1, 0.15) is 255 Å². The summed E-state index contributed by atoms with van der Waals surface area (Å²) in [5, 5.41) is 54.1. The molecule has 9 amide bonds. The molecule has 0 spiro atoms. The summed E-state index contributed by atoms with van der Waals surface area (Å²) in [6, 6.07) is 70.4. The second-order valence-corrected chi connectivity index (χ2v) is 37.8. The molecule has 0 saturated heterocycles. The van der Waals surface area contributed by atoms with Crippen molar-refractivity contribution in [1.82, 2.24) is 58.7 Å². The van der Waals surface area contributed by atoms with E-state index in [0.29, 0.717) is 151 Å². The number of carbonyl (C=O) groups is 10. The van der Waals surface area contributed by atoms with Gasteiger partial charge in [-0.2, -0.15) is 15.3 Å². The molecule has 6 N–H and O–H groups in total. The molecular weight excluding hydrogens is 1860 g/mol. The number of benzene rings is 9. The maximum atomic E-state index is 14.7. The zero-order chi connectivity index (χ0) is 105. The van der Waals surface area contributed by atoms with Crippen LogP contribution in [0.15, 0.2) is 237 Å². The smallest absolute Gasteiger partial charge is 0.306 e. The van der Waals surface area contributed by atoms with Crippen molar-refractivity contribution in [3.63, 3.8) is 0 Å². The monoisotopic (exact) mass is 1990 g/mol.